The van der Waals surface area contributed by atoms with Crippen molar-refractivity contribution in [2.75, 3.05) is 27.2 Å². The molecule has 4 fully saturated rings. The third-order valence-corrected chi connectivity index (χ3v) is 9.74. The van der Waals surface area contributed by atoms with Crippen LogP contribution < -0.4 is 0 Å². The molecule has 6 rings (SSSR count). The van der Waals surface area contributed by atoms with Crippen LogP contribution in [0, 0.1) is 35.0 Å². The second-order valence-corrected chi connectivity index (χ2v) is 11.8. The van der Waals surface area contributed by atoms with Gasteiger partial charge in [-0.3, -0.25) is 9.59 Å². The Kier molecular flexibility index (Phi) is 4.76. The summed E-state index contributed by atoms with van der Waals surface area (Å²) in [4.78, 5) is 31.9. The first-order chi connectivity index (χ1) is 15.5. The van der Waals surface area contributed by atoms with Crippen LogP contribution in [0.15, 0.2) is 41.8 Å². The molecule has 1 aromatic heterocycles. The van der Waals surface area contributed by atoms with Crippen LogP contribution in [0.25, 0.3) is 10.4 Å². The van der Waals surface area contributed by atoms with Crippen LogP contribution >= 0.6 is 11.3 Å². The fraction of sp³-hybridized carbons (Fsp3) is 0.556. The topological polar surface area (TPSA) is 40.6 Å². The van der Waals surface area contributed by atoms with Gasteiger partial charge in [-0.15, -0.1) is 11.3 Å². The fourth-order valence-corrected chi connectivity index (χ4v) is 8.19. The van der Waals surface area contributed by atoms with Gasteiger partial charge in [-0.05, 0) is 78.3 Å². The molecule has 3 saturated carbocycles. The minimum Gasteiger partial charge on any atom is -0.348 e. The van der Waals surface area contributed by atoms with Gasteiger partial charge in [0.05, 0.1) is 5.41 Å². The van der Waals surface area contributed by atoms with Gasteiger partial charge >= 0.3 is 0 Å². The van der Waals surface area contributed by atoms with Gasteiger partial charge in [-0.25, -0.2) is 0 Å². The maximum atomic E-state index is 13.5. The maximum absolute atomic E-state index is 13.5. The number of carbonyl (C=O) groups excluding carboxylic acids is 2. The molecule has 2 bridgehead atoms. The first-order valence-electron chi connectivity index (χ1n) is 12.1. The first-order valence-corrected chi connectivity index (χ1v) is 13.0. The Balaban J connectivity index is 1.23. The minimum atomic E-state index is -0.518. The van der Waals surface area contributed by atoms with E-state index in [1.165, 1.54) is 35.3 Å². The highest BCUT2D eigenvalue weighted by Gasteiger charge is 2.68. The molecule has 3 aliphatic carbocycles. The molecular weight excluding hydrogens is 416 g/mol. The molecule has 2 amide bonds. The zero-order valence-electron chi connectivity index (χ0n) is 19.0. The molecule has 1 aromatic carbocycles. The molecule has 2 heterocycles. The zero-order chi connectivity index (χ0) is 22.0. The van der Waals surface area contributed by atoms with E-state index in [-0.39, 0.29) is 11.8 Å². The largest absolute Gasteiger partial charge is 0.348 e. The van der Waals surface area contributed by atoms with Gasteiger partial charge in [0.1, 0.15) is 0 Å². The second kappa shape index (κ2) is 7.44. The lowest BCUT2D eigenvalue weighted by molar-refractivity contribution is -0.140. The first kappa shape index (κ1) is 20.5. The summed E-state index contributed by atoms with van der Waals surface area (Å²) in [7, 11) is 3.69. The molecule has 2 aromatic rings. The number of hydrogen-bond donors (Lipinski definition) is 0. The Labute approximate surface area is 194 Å². The predicted molar refractivity (Wildman–Crippen MR) is 127 cm³/mol. The Bertz CT molecular complexity index is 1030. The Morgan fingerprint density at radius 2 is 1.91 bits per heavy atom. The van der Waals surface area contributed by atoms with Crippen molar-refractivity contribution in [3.8, 4) is 10.4 Å². The third-order valence-electron chi connectivity index (χ3n) is 8.82. The molecule has 32 heavy (non-hydrogen) atoms. The van der Waals surface area contributed by atoms with Crippen molar-refractivity contribution in [2.45, 2.75) is 32.1 Å². The number of nitrogens with zero attached hydrogens (tertiary/aromatic N) is 2. The lowest BCUT2D eigenvalue weighted by Crippen LogP contribution is -2.45. The number of rotatable bonds is 5. The smallest absolute Gasteiger partial charge is 0.230 e. The van der Waals surface area contributed by atoms with E-state index < -0.39 is 5.41 Å². The number of likely N-dealkylation sites (tertiary alicyclic amines) is 1. The zero-order valence-corrected chi connectivity index (χ0v) is 19.8. The summed E-state index contributed by atoms with van der Waals surface area (Å²) in [5.74, 6) is 3.67. The number of carbonyl (C=O) groups is 2. The van der Waals surface area contributed by atoms with Gasteiger partial charge in [0, 0.05) is 38.0 Å². The fourth-order valence-electron chi connectivity index (χ4n) is 7.46. The van der Waals surface area contributed by atoms with E-state index in [9.17, 15) is 9.59 Å². The molecule has 1 saturated heterocycles. The molecule has 4 aliphatic rings. The highest BCUT2D eigenvalue weighted by atomic mass is 32.1. The normalized spacial score (nSPS) is 34.6. The van der Waals surface area contributed by atoms with Gasteiger partial charge in [0.15, 0.2) is 0 Å². The Hall–Kier alpha value is -2.14. The second-order valence-electron chi connectivity index (χ2n) is 10.9. The number of hydrogen-bond acceptors (Lipinski definition) is 3. The molecule has 0 radical (unpaired) electrons. The number of benzene rings is 1. The number of amides is 2. The molecule has 4 nitrogen and oxygen atoms in total. The van der Waals surface area contributed by atoms with Gasteiger partial charge in [-0.2, -0.15) is 0 Å². The molecular formula is C27H32N2O2S. The van der Waals surface area contributed by atoms with Crippen molar-refractivity contribution in [2.24, 2.45) is 35.0 Å². The van der Waals surface area contributed by atoms with E-state index in [0.29, 0.717) is 37.3 Å². The Morgan fingerprint density at radius 1 is 1.12 bits per heavy atom. The predicted octanol–water partition coefficient (Wildman–Crippen LogP) is 4.56. The SMILES string of the molecule is CN(C)C(=O)[C@]1(Cc2cccc(-c3cccs3)c2)CCN(C(=O)C2[C@@H]3[C@H]4CC[C@@H](C4)[C@@H]23)C1. The van der Waals surface area contributed by atoms with Crippen molar-refractivity contribution in [1.29, 1.82) is 0 Å². The van der Waals surface area contributed by atoms with Gasteiger partial charge in [-0.1, -0.05) is 30.3 Å². The molecule has 0 unspecified atom stereocenters. The average Bonchev–Trinajstić information content (AvgIpc) is 3.33. The van der Waals surface area contributed by atoms with Crippen molar-refractivity contribution in [1.82, 2.24) is 9.80 Å². The maximum Gasteiger partial charge on any atom is 0.230 e. The van der Waals surface area contributed by atoms with Crippen LogP contribution in [-0.4, -0.2) is 48.8 Å². The summed E-state index contributed by atoms with van der Waals surface area (Å²) < 4.78 is 0. The van der Waals surface area contributed by atoms with Crippen LogP contribution in [0.1, 0.15) is 31.2 Å². The quantitative estimate of drug-likeness (QED) is 0.673. The summed E-state index contributed by atoms with van der Waals surface area (Å²) >= 11 is 1.74. The standard InChI is InChI=1S/C27H32N2O2S/c1-28(2)26(31)27(15-17-5-3-6-18(13-17)21-7-4-12-32-21)10-11-29(16-27)25(30)24-22-19-8-9-20(14-19)23(22)24/h3-7,12-13,19-20,22-24H,8-11,14-16H2,1-2H3/t19-,20-,22+,23+,27-/m0/s1. The summed E-state index contributed by atoms with van der Waals surface area (Å²) in [6.45, 7) is 1.28. The van der Waals surface area contributed by atoms with E-state index in [2.05, 4.69) is 41.8 Å². The lowest BCUT2D eigenvalue weighted by atomic mass is 9.79. The molecule has 0 N–H and O–H groups in total. The number of fused-ring (bicyclic) bond motifs is 5. The van der Waals surface area contributed by atoms with Crippen LogP contribution in [0.5, 0.6) is 0 Å². The number of thiophene rings is 1. The summed E-state index contributed by atoms with van der Waals surface area (Å²) in [5.41, 5.74) is 1.87. The monoisotopic (exact) mass is 448 g/mol. The molecule has 1 aliphatic heterocycles. The highest BCUT2D eigenvalue weighted by molar-refractivity contribution is 7.13. The van der Waals surface area contributed by atoms with Crippen molar-refractivity contribution in [3.05, 3.63) is 47.3 Å². The van der Waals surface area contributed by atoms with Gasteiger partial charge in [0.25, 0.3) is 0 Å². The van der Waals surface area contributed by atoms with Crippen molar-refractivity contribution < 1.29 is 9.59 Å². The van der Waals surface area contributed by atoms with Gasteiger partial charge in [0.2, 0.25) is 11.8 Å². The molecule has 5 atom stereocenters. The van der Waals surface area contributed by atoms with Gasteiger partial charge < -0.3 is 9.80 Å². The molecule has 0 spiro atoms. The summed E-state index contributed by atoms with van der Waals surface area (Å²) in [6.07, 6.45) is 5.48. The highest BCUT2D eigenvalue weighted by Crippen LogP contribution is 2.69. The molecule has 5 heteroatoms. The van der Waals surface area contributed by atoms with Crippen molar-refractivity contribution in [3.63, 3.8) is 0 Å². The van der Waals surface area contributed by atoms with E-state index in [0.717, 1.165) is 18.3 Å². The Morgan fingerprint density at radius 3 is 2.59 bits per heavy atom. The van der Waals surface area contributed by atoms with Crippen LogP contribution in [0.2, 0.25) is 0 Å². The van der Waals surface area contributed by atoms with Crippen LogP contribution in [0.3, 0.4) is 0 Å². The van der Waals surface area contributed by atoms with Crippen LogP contribution in [0.4, 0.5) is 0 Å². The van der Waals surface area contributed by atoms with Crippen molar-refractivity contribution >= 4 is 23.2 Å². The lowest BCUT2D eigenvalue weighted by Gasteiger charge is -2.31. The van der Waals surface area contributed by atoms with E-state index in [1.807, 2.05) is 19.0 Å². The van der Waals surface area contributed by atoms with E-state index in [4.69, 9.17) is 0 Å². The van der Waals surface area contributed by atoms with E-state index >= 15 is 0 Å². The summed E-state index contributed by atoms with van der Waals surface area (Å²) in [6, 6.07) is 12.8. The van der Waals surface area contributed by atoms with E-state index in [1.54, 1.807) is 16.2 Å². The molecule has 168 valence electrons. The summed E-state index contributed by atoms with van der Waals surface area (Å²) in [5, 5.41) is 2.10. The minimum absolute atomic E-state index is 0.158. The third kappa shape index (κ3) is 3.15. The average molecular weight is 449 g/mol. The van der Waals surface area contributed by atoms with Crippen LogP contribution in [-0.2, 0) is 16.0 Å².